The van der Waals surface area contributed by atoms with Gasteiger partial charge in [-0.3, -0.25) is 0 Å². The van der Waals surface area contributed by atoms with Gasteiger partial charge in [0, 0.05) is 30.5 Å². The molecular formula is C17H21ClN2. The molecule has 20 heavy (non-hydrogen) atoms. The number of hydrogen-bond donors (Lipinski definition) is 1. The van der Waals surface area contributed by atoms with Gasteiger partial charge < -0.3 is 10.2 Å². The normalized spacial score (nSPS) is 12.0. The molecule has 0 bridgehead atoms. The van der Waals surface area contributed by atoms with Crippen molar-refractivity contribution in [1.82, 2.24) is 0 Å². The van der Waals surface area contributed by atoms with Crippen molar-refractivity contribution >= 4 is 23.0 Å². The van der Waals surface area contributed by atoms with Crippen LogP contribution in [0.5, 0.6) is 0 Å². The summed E-state index contributed by atoms with van der Waals surface area (Å²) >= 11 is 6.08. The minimum Gasteiger partial charge on any atom is -0.378 e. The van der Waals surface area contributed by atoms with Gasteiger partial charge in [0.1, 0.15) is 0 Å². The van der Waals surface area contributed by atoms with Crippen LogP contribution in [-0.2, 0) is 0 Å². The number of nitrogens with one attached hydrogen (secondary N) is 1. The molecule has 2 aromatic carbocycles. The third-order valence-corrected chi connectivity index (χ3v) is 3.60. The lowest BCUT2D eigenvalue weighted by molar-refractivity contribution is 0.749. The number of rotatable bonds is 5. The number of benzene rings is 2. The quantitative estimate of drug-likeness (QED) is 0.836. The van der Waals surface area contributed by atoms with Crippen LogP contribution in [0.4, 0.5) is 11.4 Å². The van der Waals surface area contributed by atoms with Crippen molar-refractivity contribution in [2.45, 2.75) is 19.4 Å². The zero-order chi connectivity index (χ0) is 14.5. The molecular weight excluding hydrogens is 268 g/mol. The molecule has 2 aromatic rings. The SMILES string of the molecule is CCC(Nc1cccc(N(C)C)c1)c1cccc(Cl)c1. The Bertz CT molecular complexity index is 566. The van der Waals surface area contributed by atoms with Gasteiger partial charge in [0.05, 0.1) is 6.04 Å². The van der Waals surface area contributed by atoms with Gasteiger partial charge in [-0.1, -0.05) is 36.7 Å². The summed E-state index contributed by atoms with van der Waals surface area (Å²) in [6.07, 6.45) is 1.01. The van der Waals surface area contributed by atoms with Crippen molar-refractivity contribution in [3.05, 3.63) is 59.1 Å². The Morgan fingerprint density at radius 3 is 2.50 bits per heavy atom. The van der Waals surface area contributed by atoms with Crippen molar-refractivity contribution in [2.24, 2.45) is 0 Å². The summed E-state index contributed by atoms with van der Waals surface area (Å²) in [5.41, 5.74) is 3.54. The first-order chi connectivity index (χ1) is 9.60. The number of nitrogens with zero attached hydrogens (tertiary/aromatic N) is 1. The van der Waals surface area contributed by atoms with Crippen LogP contribution < -0.4 is 10.2 Å². The fourth-order valence-corrected chi connectivity index (χ4v) is 2.42. The number of hydrogen-bond acceptors (Lipinski definition) is 2. The molecule has 0 spiro atoms. The molecule has 0 amide bonds. The van der Waals surface area contributed by atoms with Crippen LogP contribution in [0.2, 0.25) is 5.02 Å². The summed E-state index contributed by atoms with van der Waals surface area (Å²) in [5.74, 6) is 0. The summed E-state index contributed by atoms with van der Waals surface area (Å²) in [6.45, 7) is 2.17. The van der Waals surface area contributed by atoms with Crippen molar-refractivity contribution < 1.29 is 0 Å². The number of anilines is 2. The van der Waals surface area contributed by atoms with Crippen LogP contribution in [0.15, 0.2) is 48.5 Å². The van der Waals surface area contributed by atoms with E-state index in [0.717, 1.165) is 17.1 Å². The van der Waals surface area contributed by atoms with E-state index in [-0.39, 0.29) is 6.04 Å². The third-order valence-electron chi connectivity index (χ3n) is 3.36. The Morgan fingerprint density at radius 2 is 1.85 bits per heavy atom. The highest BCUT2D eigenvalue weighted by Crippen LogP contribution is 2.26. The van der Waals surface area contributed by atoms with Gasteiger partial charge in [0.25, 0.3) is 0 Å². The lowest BCUT2D eigenvalue weighted by atomic mass is 10.0. The highest BCUT2D eigenvalue weighted by molar-refractivity contribution is 6.30. The molecule has 1 unspecified atom stereocenters. The van der Waals surface area contributed by atoms with E-state index in [2.05, 4.69) is 47.5 Å². The second-order valence-electron chi connectivity index (χ2n) is 5.10. The van der Waals surface area contributed by atoms with Crippen LogP contribution in [0.3, 0.4) is 0 Å². The molecule has 1 atom stereocenters. The second-order valence-corrected chi connectivity index (χ2v) is 5.54. The minimum absolute atomic E-state index is 0.270. The molecule has 0 heterocycles. The van der Waals surface area contributed by atoms with Crippen molar-refractivity contribution in [3.8, 4) is 0 Å². The average molecular weight is 289 g/mol. The highest BCUT2D eigenvalue weighted by Gasteiger charge is 2.10. The van der Waals surface area contributed by atoms with Crippen LogP contribution >= 0.6 is 11.6 Å². The lowest BCUT2D eigenvalue weighted by Crippen LogP contribution is -2.12. The molecule has 106 valence electrons. The molecule has 0 aliphatic rings. The van der Waals surface area contributed by atoms with Crippen LogP contribution in [0.1, 0.15) is 24.9 Å². The molecule has 3 heteroatoms. The lowest BCUT2D eigenvalue weighted by Gasteiger charge is -2.21. The Hall–Kier alpha value is -1.67. The van der Waals surface area contributed by atoms with Gasteiger partial charge in [0.2, 0.25) is 0 Å². The van der Waals surface area contributed by atoms with Gasteiger partial charge in [0.15, 0.2) is 0 Å². The first kappa shape index (κ1) is 14.7. The molecule has 0 saturated carbocycles. The molecule has 2 nitrogen and oxygen atoms in total. The molecule has 1 N–H and O–H groups in total. The topological polar surface area (TPSA) is 15.3 Å². The molecule has 0 saturated heterocycles. The maximum absolute atomic E-state index is 6.08. The van der Waals surface area contributed by atoms with E-state index in [0.29, 0.717) is 0 Å². The smallest absolute Gasteiger partial charge is 0.0511 e. The van der Waals surface area contributed by atoms with Gasteiger partial charge in [-0.2, -0.15) is 0 Å². The number of halogens is 1. The Balaban J connectivity index is 2.20. The molecule has 0 fully saturated rings. The minimum atomic E-state index is 0.270. The van der Waals surface area contributed by atoms with E-state index in [4.69, 9.17) is 11.6 Å². The zero-order valence-corrected chi connectivity index (χ0v) is 13.0. The van der Waals surface area contributed by atoms with E-state index in [1.165, 1.54) is 11.3 Å². The van der Waals surface area contributed by atoms with E-state index in [1.807, 2.05) is 32.3 Å². The predicted molar refractivity (Wildman–Crippen MR) is 88.9 cm³/mol. The van der Waals surface area contributed by atoms with Crippen molar-refractivity contribution in [1.29, 1.82) is 0 Å². The van der Waals surface area contributed by atoms with Crippen LogP contribution in [0.25, 0.3) is 0 Å². The fourth-order valence-electron chi connectivity index (χ4n) is 2.22. The molecule has 0 radical (unpaired) electrons. The average Bonchev–Trinajstić information content (AvgIpc) is 2.45. The zero-order valence-electron chi connectivity index (χ0n) is 12.2. The fraction of sp³-hybridized carbons (Fsp3) is 0.294. The maximum Gasteiger partial charge on any atom is 0.0511 e. The Kier molecular flexibility index (Phi) is 4.91. The van der Waals surface area contributed by atoms with E-state index in [9.17, 15) is 0 Å². The first-order valence-corrected chi connectivity index (χ1v) is 7.27. The molecule has 0 aliphatic heterocycles. The van der Waals surface area contributed by atoms with Crippen LogP contribution in [-0.4, -0.2) is 14.1 Å². The summed E-state index contributed by atoms with van der Waals surface area (Å²) in [7, 11) is 4.10. The summed E-state index contributed by atoms with van der Waals surface area (Å²) in [4.78, 5) is 2.10. The van der Waals surface area contributed by atoms with E-state index in [1.54, 1.807) is 0 Å². The van der Waals surface area contributed by atoms with Gasteiger partial charge in [-0.05, 0) is 42.3 Å². The van der Waals surface area contributed by atoms with Crippen LogP contribution in [0, 0.1) is 0 Å². The van der Waals surface area contributed by atoms with E-state index >= 15 is 0 Å². The Morgan fingerprint density at radius 1 is 1.10 bits per heavy atom. The molecule has 2 rings (SSSR count). The van der Waals surface area contributed by atoms with E-state index < -0.39 is 0 Å². The summed E-state index contributed by atoms with van der Waals surface area (Å²) in [5, 5.41) is 4.36. The maximum atomic E-state index is 6.08. The monoisotopic (exact) mass is 288 g/mol. The van der Waals surface area contributed by atoms with Crippen molar-refractivity contribution in [2.75, 3.05) is 24.3 Å². The van der Waals surface area contributed by atoms with Crippen molar-refractivity contribution in [3.63, 3.8) is 0 Å². The Labute approximate surface area is 126 Å². The molecule has 0 aliphatic carbocycles. The third kappa shape index (κ3) is 3.67. The van der Waals surface area contributed by atoms with Gasteiger partial charge in [-0.25, -0.2) is 0 Å². The van der Waals surface area contributed by atoms with Gasteiger partial charge >= 0.3 is 0 Å². The van der Waals surface area contributed by atoms with Gasteiger partial charge in [-0.15, -0.1) is 0 Å². The summed E-state index contributed by atoms with van der Waals surface area (Å²) in [6, 6.07) is 16.7. The predicted octanol–water partition coefficient (Wildman–Crippen LogP) is 4.97. The highest BCUT2D eigenvalue weighted by atomic mass is 35.5. The summed E-state index contributed by atoms with van der Waals surface area (Å²) < 4.78 is 0. The standard InChI is InChI=1S/C17H21ClN2/c1-4-17(13-7-5-8-14(18)11-13)19-15-9-6-10-16(12-15)20(2)3/h5-12,17,19H,4H2,1-3H3. The molecule has 0 aromatic heterocycles. The first-order valence-electron chi connectivity index (χ1n) is 6.89. The second kappa shape index (κ2) is 6.67. The largest absolute Gasteiger partial charge is 0.378 e.